The summed E-state index contributed by atoms with van der Waals surface area (Å²) in [6.07, 6.45) is 8.22. The van der Waals surface area contributed by atoms with Crippen LogP contribution in [0.25, 0.3) is 5.52 Å². The maximum absolute atomic E-state index is 13.4. The molecular weight excluding hydrogens is 352 g/mol. The highest BCUT2D eigenvalue weighted by Gasteiger charge is 2.32. The van der Waals surface area contributed by atoms with Gasteiger partial charge >= 0.3 is 0 Å². The highest BCUT2D eigenvalue weighted by Crippen LogP contribution is 2.24. The molecule has 0 radical (unpaired) electrons. The Kier molecular flexibility index (Phi) is 5.38. The minimum atomic E-state index is -0.0567. The highest BCUT2D eigenvalue weighted by atomic mass is 16.2. The van der Waals surface area contributed by atoms with Crippen LogP contribution in [-0.2, 0) is 0 Å². The molecule has 2 fully saturated rings. The molecule has 2 aliphatic heterocycles. The predicted octanol–water partition coefficient (Wildman–Crippen LogP) is 3.61. The fraction of sp³-hybridized carbons (Fsp3) is 0.591. The van der Waals surface area contributed by atoms with E-state index in [4.69, 9.17) is 0 Å². The van der Waals surface area contributed by atoms with Gasteiger partial charge in [0, 0.05) is 31.9 Å². The number of imidazole rings is 1. The van der Waals surface area contributed by atoms with Gasteiger partial charge in [-0.25, -0.2) is 4.98 Å². The first-order valence-electron chi connectivity index (χ1n) is 10.7. The Hall–Kier alpha value is -2.37. The molecule has 2 aliphatic rings. The maximum Gasteiger partial charge on any atom is 0.290 e. The maximum atomic E-state index is 13.4. The molecular formula is C22H30N4O2. The number of likely N-dealkylation sites (tertiary alicyclic amines) is 2. The summed E-state index contributed by atoms with van der Waals surface area (Å²) in [6, 6.07) is 5.93. The predicted molar refractivity (Wildman–Crippen MR) is 108 cm³/mol. The minimum absolute atomic E-state index is 0.0556. The normalized spacial score (nSPS) is 23.2. The highest BCUT2D eigenvalue weighted by molar-refractivity contribution is 6.02. The first-order valence-corrected chi connectivity index (χ1v) is 10.7. The summed E-state index contributed by atoms with van der Waals surface area (Å²) >= 11 is 0. The Balaban J connectivity index is 1.70. The number of piperidine rings is 2. The van der Waals surface area contributed by atoms with E-state index in [2.05, 4.69) is 18.8 Å². The zero-order valence-electron chi connectivity index (χ0n) is 16.9. The molecule has 0 aromatic carbocycles. The van der Waals surface area contributed by atoms with Crippen molar-refractivity contribution in [2.24, 2.45) is 5.92 Å². The van der Waals surface area contributed by atoms with E-state index >= 15 is 0 Å². The SMILES string of the molecule is CCC1CCCCN1C(=O)c1nc(C(=O)N2CCCC(C)C2)c2ccccn12. The van der Waals surface area contributed by atoms with Gasteiger partial charge in [0.15, 0.2) is 5.69 Å². The lowest BCUT2D eigenvalue weighted by atomic mass is 10.00. The van der Waals surface area contributed by atoms with E-state index in [9.17, 15) is 9.59 Å². The van der Waals surface area contributed by atoms with Crippen molar-refractivity contribution in [2.75, 3.05) is 19.6 Å². The van der Waals surface area contributed by atoms with Gasteiger partial charge in [-0.2, -0.15) is 0 Å². The number of amides is 2. The standard InChI is InChI=1S/C22H30N4O2/c1-3-17-10-4-6-13-25(17)22(28)20-23-19(18-11-5-7-14-26(18)20)21(27)24-12-8-9-16(2)15-24/h5,7,11,14,16-17H,3-4,6,8-10,12-13,15H2,1-2H3. The van der Waals surface area contributed by atoms with Crippen molar-refractivity contribution in [1.82, 2.24) is 19.2 Å². The third-order valence-electron chi connectivity index (χ3n) is 6.25. The lowest BCUT2D eigenvalue weighted by Gasteiger charge is -2.34. The van der Waals surface area contributed by atoms with Crippen LogP contribution in [0.3, 0.4) is 0 Å². The molecule has 0 saturated carbocycles. The lowest BCUT2D eigenvalue weighted by Crippen LogP contribution is -2.44. The van der Waals surface area contributed by atoms with Crippen LogP contribution in [0, 0.1) is 5.92 Å². The summed E-state index contributed by atoms with van der Waals surface area (Å²) in [5.41, 5.74) is 1.13. The van der Waals surface area contributed by atoms with Crippen LogP contribution in [0.1, 0.15) is 73.5 Å². The summed E-state index contributed by atoms with van der Waals surface area (Å²) in [4.78, 5) is 35.1. The Labute approximate surface area is 166 Å². The van der Waals surface area contributed by atoms with E-state index in [0.717, 1.165) is 57.3 Å². The van der Waals surface area contributed by atoms with Crippen LogP contribution >= 0.6 is 0 Å². The second kappa shape index (κ2) is 7.94. The molecule has 0 N–H and O–H groups in total. The number of hydrogen-bond acceptors (Lipinski definition) is 3. The van der Waals surface area contributed by atoms with Gasteiger partial charge in [0.25, 0.3) is 11.8 Å². The largest absolute Gasteiger partial charge is 0.337 e. The third-order valence-corrected chi connectivity index (χ3v) is 6.25. The molecule has 0 bridgehead atoms. The number of nitrogens with zero attached hydrogens (tertiary/aromatic N) is 4. The molecule has 2 unspecified atom stereocenters. The molecule has 6 heteroatoms. The van der Waals surface area contributed by atoms with Gasteiger partial charge in [0.05, 0.1) is 5.52 Å². The van der Waals surface area contributed by atoms with Crippen molar-refractivity contribution in [3.8, 4) is 0 Å². The number of rotatable bonds is 3. The molecule has 4 rings (SSSR count). The Morgan fingerprint density at radius 3 is 2.75 bits per heavy atom. The molecule has 2 atom stereocenters. The smallest absolute Gasteiger partial charge is 0.290 e. The molecule has 0 spiro atoms. The molecule has 0 aliphatic carbocycles. The molecule has 2 amide bonds. The van der Waals surface area contributed by atoms with Crippen molar-refractivity contribution >= 4 is 17.3 Å². The van der Waals surface area contributed by atoms with E-state index in [-0.39, 0.29) is 17.9 Å². The minimum Gasteiger partial charge on any atom is -0.337 e. The summed E-state index contributed by atoms with van der Waals surface area (Å²) < 4.78 is 1.80. The molecule has 2 saturated heterocycles. The second-order valence-electron chi connectivity index (χ2n) is 8.29. The Bertz CT molecular complexity index is 875. The number of carbonyl (C=O) groups is 2. The molecule has 2 aromatic heterocycles. The van der Waals surface area contributed by atoms with Crippen LogP contribution in [0.5, 0.6) is 0 Å². The number of aromatic nitrogens is 2. The van der Waals surface area contributed by atoms with Gasteiger partial charge < -0.3 is 9.80 Å². The average Bonchev–Trinajstić information content (AvgIpc) is 3.12. The molecule has 4 heterocycles. The van der Waals surface area contributed by atoms with Crippen LogP contribution in [0.4, 0.5) is 0 Å². The number of hydrogen-bond donors (Lipinski definition) is 0. The van der Waals surface area contributed by atoms with Crippen molar-refractivity contribution in [1.29, 1.82) is 0 Å². The first-order chi connectivity index (χ1) is 13.6. The number of carbonyl (C=O) groups excluding carboxylic acids is 2. The van der Waals surface area contributed by atoms with Crippen molar-refractivity contribution < 1.29 is 9.59 Å². The van der Waals surface area contributed by atoms with Crippen LogP contribution < -0.4 is 0 Å². The van der Waals surface area contributed by atoms with Gasteiger partial charge in [-0.05, 0) is 56.6 Å². The summed E-state index contributed by atoms with van der Waals surface area (Å²) in [7, 11) is 0. The van der Waals surface area contributed by atoms with Gasteiger partial charge in [-0.1, -0.05) is 19.9 Å². The van der Waals surface area contributed by atoms with Crippen molar-refractivity contribution in [3.05, 3.63) is 35.9 Å². The van der Waals surface area contributed by atoms with E-state index in [1.54, 1.807) is 4.40 Å². The fourth-order valence-electron chi connectivity index (χ4n) is 4.69. The van der Waals surface area contributed by atoms with Crippen LogP contribution in [-0.4, -0.2) is 56.7 Å². The van der Waals surface area contributed by atoms with Gasteiger partial charge in [-0.3, -0.25) is 14.0 Å². The summed E-state index contributed by atoms with van der Waals surface area (Å²) in [5.74, 6) is 0.759. The summed E-state index contributed by atoms with van der Waals surface area (Å²) in [6.45, 7) is 6.61. The van der Waals surface area contributed by atoms with E-state index in [0.29, 0.717) is 17.4 Å². The van der Waals surface area contributed by atoms with Crippen LogP contribution in [0.15, 0.2) is 24.4 Å². The zero-order chi connectivity index (χ0) is 19.7. The molecule has 6 nitrogen and oxygen atoms in total. The summed E-state index contributed by atoms with van der Waals surface area (Å²) in [5, 5.41) is 0. The van der Waals surface area contributed by atoms with Gasteiger partial charge in [-0.15, -0.1) is 0 Å². The van der Waals surface area contributed by atoms with E-state index in [1.165, 1.54) is 6.42 Å². The molecule has 150 valence electrons. The third kappa shape index (κ3) is 3.40. The van der Waals surface area contributed by atoms with Crippen LogP contribution in [0.2, 0.25) is 0 Å². The first kappa shape index (κ1) is 19.0. The van der Waals surface area contributed by atoms with Gasteiger partial charge in [0.1, 0.15) is 0 Å². The second-order valence-corrected chi connectivity index (χ2v) is 8.29. The fourth-order valence-corrected chi connectivity index (χ4v) is 4.69. The Morgan fingerprint density at radius 1 is 1.11 bits per heavy atom. The monoisotopic (exact) mass is 382 g/mol. The number of pyridine rings is 1. The quantitative estimate of drug-likeness (QED) is 0.815. The average molecular weight is 383 g/mol. The Morgan fingerprint density at radius 2 is 1.96 bits per heavy atom. The van der Waals surface area contributed by atoms with Gasteiger partial charge in [0.2, 0.25) is 5.82 Å². The topological polar surface area (TPSA) is 57.9 Å². The van der Waals surface area contributed by atoms with E-state index in [1.807, 2.05) is 34.2 Å². The number of fused-ring (bicyclic) bond motifs is 1. The molecule has 28 heavy (non-hydrogen) atoms. The zero-order valence-corrected chi connectivity index (χ0v) is 16.9. The lowest BCUT2D eigenvalue weighted by molar-refractivity contribution is 0.0594. The molecule has 2 aromatic rings. The van der Waals surface area contributed by atoms with E-state index < -0.39 is 0 Å². The van der Waals surface area contributed by atoms with Crippen molar-refractivity contribution in [2.45, 2.75) is 58.4 Å². The van der Waals surface area contributed by atoms with Crippen molar-refractivity contribution in [3.63, 3.8) is 0 Å².